The maximum Gasteiger partial charge on any atom is 0.370 e. The molecule has 0 bridgehead atoms. The molecule has 3 aromatic rings. The first-order chi connectivity index (χ1) is 14.7. The van der Waals surface area contributed by atoms with Crippen LogP contribution in [0.1, 0.15) is 18.9 Å². The standard InChI is InChI=1S/C20H15Cl2N5O4/c1-9-7-20(9)12-6-11(2-3-15(12)25-18(20)29)31-17-13(21)4-10(5-14(17)22)27-19(30)26(23)16(28)8-24-27/h2-6,8-9H,7,23H2,1H3,(H,25,29). The van der Waals surface area contributed by atoms with Gasteiger partial charge in [0, 0.05) is 5.69 Å². The van der Waals surface area contributed by atoms with Gasteiger partial charge >= 0.3 is 5.69 Å². The van der Waals surface area contributed by atoms with E-state index in [1.807, 2.05) is 13.0 Å². The molecule has 2 aromatic carbocycles. The number of anilines is 1. The second kappa shape index (κ2) is 6.60. The Balaban J connectivity index is 1.51. The van der Waals surface area contributed by atoms with Gasteiger partial charge in [0.1, 0.15) is 11.9 Å². The minimum Gasteiger partial charge on any atom is -0.454 e. The number of aromatic nitrogens is 3. The quantitative estimate of drug-likeness (QED) is 0.580. The molecule has 5 rings (SSSR count). The monoisotopic (exact) mass is 459 g/mol. The van der Waals surface area contributed by atoms with E-state index < -0.39 is 16.7 Å². The Bertz CT molecular complexity index is 1380. The van der Waals surface area contributed by atoms with Crippen LogP contribution in [0, 0.1) is 5.92 Å². The predicted octanol–water partition coefficient (Wildman–Crippen LogP) is 2.44. The largest absolute Gasteiger partial charge is 0.454 e. The Morgan fingerprint density at radius 1 is 1.19 bits per heavy atom. The van der Waals surface area contributed by atoms with Crippen LogP contribution < -0.4 is 27.1 Å². The van der Waals surface area contributed by atoms with Gasteiger partial charge in [0.15, 0.2) is 5.75 Å². The number of halogens is 2. The van der Waals surface area contributed by atoms with Crippen molar-refractivity contribution in [2.75, 3.05) is 11.2 Å². The van der Waals surface area contributed by atoms with Gasteiger partial charge in [-0.15, -0.1) is 0 Å². The average Bonchev–Trinajstić information content (AvgIpc) is 3.33. The maximum absolute atomic E-state index is 12.4. The van der Waals surface area contributed by atoms with Gasteiger partial charge in [0.05, 0.1) is 21.1 Å². The van der Waals surface area contributed by atoms with Crippen LogP contribution in [0.4, 0.5) is 5.69 Å². The Hall–Kier alpha value is -3.30. The molecule has 1 aliphatic heterocycles. The third-order valence-corrected chi connectivity index (χ3v) is 6.35. The summed E-state index contributed by atoms with van der Waals surface area (Å²) in [6.45, 7) is 2.04. The van der Waals surface area contributed by atoms with E-state index in [0.29, 0.717) is 10.4 Å². The topological polar surface area (TPSA) is 121 Å². The lowest BCUT2D eigenvalue weighted by Crippen LogP contribution is -2.44. The number of carbonyl (C=O) groups is 1. The van der Waals surface area contributed by atoms with Gasteiger partial charge in [-0.05, 0) is 48.2 Å². The molecule has 0 radical (unpaired) electrons. The second-order valence-corrected chi connectivity index (χ2v) is 8.44. The van der Waals surface area contributed by atoms with E-state index in [2.05, 4.69) is 10.4 Å². The SMILES string of the molecule is CC1CC12C(=O)Nc1ccc(Oc3c(Cl)cc(-n4ncc(=O)n(N)c4=O)cc3Cl)cc12. The van der Waals surface area contributed by atoms with E-state index in [0.717, 1.165) is 28.6 Å². The average molecular weight is 460 g/mol. The molecule has 11 heteroatoms. The fourth-order valence-electron chi connectivity index (χ4n) is 4.01. The van der Waals surface area contributed by atoms with Crippen LogP contribution in [0.2, 0.25) is 10.0 Å². The van der Waals surface area contributed by atoms with Gasteiger partial charge in [-0.1, -0.05) is 30.1 Å². The Morgan fingerprint density at radius 3 is 2.52 bits per heavy atom. The van der Waals surface area contributed by atoms with E-state index in [1.165, 1.54) is 12.1 Å². The molecule has 2 heterocycles. The van der Waals surface area contributed by atoms with E-state index in [9.17, 15) is 14.4 Å². The van der Waals surface area contributed by atoms with Gasteiger partial charge in [-0.25, -0.2) is 4.79 Å². The number of nitrogens with two attached hydrogens (primary N) is 1. The number of ether oxygens (including phenoxy) is 1. The molecule has 2 unspecified atom stereocenters. The third kappa shape index (κ3) is 2.84. The zero-order valence-corrected chi connectivity index (χ0v) is 17.6. The van der Waals surface area contributed by atoms with E-state index in [4.69, 9.17) is 33.8 Å². The highest BCUT2D eigenvalue weighted by molar-refractivity contribution is 6.37. The summed E-state index contributed by atoms with van der Waals surface area (Å²) in [5, 5.41) is 6.93. The highest BCUT2D eigenvalue weighted by Crippen LogP contribution is 2.60. The highest BCUT2D eigenvalue weighted by atomic mass is 35.5. The van der Waals surface area contributed by atoms with Crippen molar-refractivity contribution in [2.45, 2.75) is 18.8 Å². The van der Waals surface area contributed by atoms with Crippen LogP contribution in [0.15, 0.2) is 46.1 Å². The molecule has 1 spiro atoms. The Kier molecular flexibility index (Phi) is 4.18. The van der Waals surface area contributed by atoms with Crippen molar-refractivity contribution < 1.29 is 9.53 Å². The summed E-state index contributed by atoms with van der Waals surface area (Å²) in [5.74, 6) is 6.34. The van der Waals surface area contributed by atoms with Crippen LogP contribution in [-0.2, 0) is 10.2 Å². The first-order valence-electron chi connectivity index (χ1n) is 9.32. The lowest BCUT2D eigenvalue weighted by Gasteiger charge is -2.14. The number of rotatable bonds is 3. The van der Waals surface area contributed by atoms with Crippen molar-refractivity contribution in [3.8, 4) is 17.2 Å². The molecule has 9 nitrogen and oxygen atoms in total. The minimum absolute atomic E-state index is 0.00625. The molecular weight excluding hydrogens is 445 g/mol. The fraction of sp³-hybridized carbons (Fsp3) is 0.200. The number of nitrogens with one attached hydrogen (secondary N) is 1. The summed E-state index contributed by atoms with van der Waals surface area (Å²) in [7, 11) is 0. The number of nitrogen functional groups attached to an aromatic ring is 1. The molecule has 158 valence electrons. The van der Waals surface area contributed by atoms with E-state index in [-0.39, 0.29) is 33.3 Å². The van der Waals surface area contributed by atoms with Gasteiger partial charge in [0.2, 0.25) is 5.91 Å². The number of hydrogen-bond acceptors (Lipinski definition) is 6. The Labute approximate surface area is 184 Å². The van der Waals surface area contributed by atoms with Crippen molar-refractivity contribution in [3.05, 3.63) is 73.0 Å². The third-order valence-electron chi connectivity index (χ3n) is 5.79. The summed E-state index contributed by atoms with van der Waals surface area (Å²) >= 11 is 12.7. The molecule has 3 N–H and O–H groups in total. The second-order valence-electron chi connectivity index (χ2n) is 7.63. The number of carbonyl (C=O) groups excluding carboxylic acids is 1. The van der Waals surface area contributed by atoms with Gasteiger partial charge in [-0.2, -0.15) is 14.5 Å². The molecular formula is C20H15Cl2N5O4. The lowest BCUT2D eigenvalue weighted by atomic mass is 9.95. The number of fused-ring (bicyclic) bond motifs is 2. The zero-order valence-electron chi connectivity index (χ0n) is 16.1. The summed E-state index contributed by atoms with van der Waals surface area (Å²) < 4.78 is 7.25. The number of benzene rings is 2. The summed E-state index contributed by atoms with van der Waals surface area (Å²) in [5.41, 5.74) is -0.215. The van der Waals surface area contributed by atoms with Crippen molar-refractivity contribution in [3.63, 3.8) is 0 Å². The summed E-state index contributed by atoms with van der Waals surface area (Å²) in [4.78, 5) is 36.0. The molecule has 2 aliphatic rings. The molecule has 0 saturated heterocycles. The van der Waals surface area contributed by atoms with Crippen molar-refractivity contribution >= 4 is 34.8 Å². The van der Waals surface area contributed by atoms with Gasteiger partial charge < -0.3 is 15.9 Å². The minimum atomic E-state index is -0.854. The van der Waals surface area contributed by atoms with Gasteiger partial charge in [0.25, 0.3) is 5.56 Å². The number of hydrogen-bond donors (Lipinski definition) is 2. The summed E-state index contributed by atoms with van der Waals surface area (Å²) in [6.07, 6.45) is 1.69. The molecule has 1 aliphatic carbocycles. The Morgan fingerprint density at radius 2 is 1.87 bits per heavy atom. The predicted molar refractivity (Wildman–Crippen MR) is 115 cm³/mol. The van der Waals surface area contributed by atoms with Crippen molar-refractivity contribution in [1.82, 2.24) is 14.5 Å². The van der Waals surface area contributed by atoms with Crippen molar-refractivity contribution in [2.24, 2.45) is 5.92 Å². The van der Waals surface area contributed by atoms with Crippen LogP contribution in [0.25, 0.3) is 5.69 Å². The molecule has 1 amide bonds. The zero-order chi connectivity index (χ0) is 22.1. The van der Waals surface area contributed by atoms with Crippen molar-refractivity contribution in [1.29, 1.82) is 0 Å². The maximum atomic E-state index is 12.4. The van der Waals surface area contributed by atoms with Crippen LogP contribution >= 0.6 is 23.2 Å². The van der Waals surface area contributed by atoms with E-state index >= 15 is 0 Å². The lowest BCUT2D eigenvalue weighted by molar-refractivity contribution is -0.118. The normalized spacial score (nSPS) is 21.1. The molecule has 1 saturated carbocycles. The molecule has 1 aromatic heterocycles. The fourth-order valence-corrected chi connectivity index (χ4v) is 4.57. The number of amides is 1. The first kappa shape index (κ1) is 19.7. The number of nitrogens with zero attached hydrogens (tertiary/aromatic N) is 3. The first-order valence-corrected chi connectivity index (χ1v) is 10.1. The highest BCUT2D eigenvalue weighted by Gasteiger charge is 2.62. The van der Waals surface area contributed by atoms with Crippen LogP contribution in [0.5, 0.6) is 11.5 Å². The van der Waals surface area contributed by atoms with E-state index in [1.54, 1.807) is 12.1 Å². The molecule has 2 atom stereocenters. The van der Waals surface area contributed by atoms with Gasteiger partial charge in [-0.3, -0.25) is 9.59 Å². The molecule has 31 heavy (non-hydrogen) atoms. The van der Waals surface area contributed by atoms with Crippen LogP contribution in [-0.4, -0.2) is 20.4 Å². The smallest absolute Gasteiger partial charge is 0.370 e. The van der Waals surface area contributed by atoms with Crippen LogP contribution in [0.3, 0.4) is 0 Å². The molecule has 1 fully saturated rings. The summed E-state index contributed by atoms with van der Waals surface area (Å²) in [6, 6.07) is 8.15.